The fourth-order valence-electron chi connectivity index (χ4n) is 3.90. The molecule has 2 aliphatic rings. The van der Waals surface area contributed by atoms with E-state index in [0.717, 1.165) is 11.9 Å². The Balaban J connectivity index is 0.000000431. The monoisotopic (exact) mass is 361 g/mol. The molecule has 2 heterocycles. The summed E-state index contributed by atoms with van der Waals surface area (Å²) in [6, 6.07) is 0.874. The molecule has 1 aromatic heterocycles. The van der Waals surface area contributed by atoms with Crippen molar-refractivity contribution in [3.63, 3.8) is 0 Å². The molecule has 4 nitrogen and oxygen atoms in total. The molecule has 0 unspecified atom stereocenters. The lowest BCUT2D eigenvalue weighted by Gasteiger charge is -2.39. The smallest absolute Gasteiger partial charge is 0.130 e. The van der Waals surface area contributed by atoms with Crippen LogP contribution < -0.4 is 0 Å². The van der Waals surface area contributed by atoms with Gasteiger partial charge < -0.3 is 9.64 Å². The molecule has 148 valence electrons. The molecule has 1 aliphatic carbocycles. The van der Waals surface area contributed by atoms with Crippen molar-refractivity contribution >= 4 is 0 Å². The van der Waals surface area contributed by atoms with Gasteiger partial charge in [0.25, 0.3) is 0 Å². The zero-order valence-corrected chi connectivity index (χ0v) is 17.6. The zero-order chi connectivity index (χ0) is 18.9. The van der Waals surface area contributed by atoms with Gasteiger partial charge in [0.1, 0.15) is 5.82 Å². The van der Waals surface area contributed by atoms with Crippen LogP contribution in [0.2, 0.25) is 0 Å². The number of hydrogen-bond donors (Lipinski definition) is 0. The lowest BCUT2D eigenvalue weighted by atomic mass is 9.88. The fourth-order valence-corrected chi connectivity index (χ4v) is 3.90. The van der Waals surface area contributed by atoms with Crippen LogP contribution in [0.15, 0.2) is 12.4 Å². The minimum Gasteiger partial charge on any atom is -0.382 e. The van der Waals surface area contributed by atoms with Gasteiger partial charge in [0.05, 0.1) is 6.10 Å². The van der Waals surface area contributed by atoms with E-state index in [0.29, 0.717) is 17.9 Å². The van der Waals surface area contributed by atoms with Crippen LogP contribution in [0.25, 0.3) is 0 Å². The van der Waals surface area contributed by atoms with Crippen LogP contribution in [0, 0.1) is 0 Å². The summed E-state index contributed by atoms with van der Waals surface area (Å²) in [5.74, 6) is 2.07. The average molecular weight is 362 g/mol. The van der Waals surface area contributed by atoms with Crippen LogP contribution in [0.4, 0.5) is 0 Å². The first kappa shape index (κ1) is 21.3. The SMILES string of the molecule is CC(C)c1ncc(C2CCN(C3CCCCC3)CC2)cn1.COC(C)C. The number of likely N-dealkylation sites (tertiary alicyclic amines) is 1. The number of nitrogens with zero attached hydrogens (tertiary/aromatic N) is 3. The van der Waals surface area contributed by atoms with Crippen LogP contribution in [0.3, 0.4) is 0 Å². The van der Waals surface area contributed by atoms with E-state index >= 15 is 0 Å². The molecule has 0 spiro atoms. The molecule has 1 aromatic rings. The van der Waals surface area contributed by atoms with E-state index < -0.39 is 0 Å². The van der Waals surface area contributed by atoms with Crippen LogP contribution >= 0.6 is 0 Å². The maximum atomic E-state index is 4.75. The highest BCUT2D eigenvalue weighted by Crippen LogP contribution is 2.31. The third kappa shape index (κ3) is 6.62. The van der Waals surface area contributed by atoms with E-state index in [9.17, 15) is 0 Å². The lowest BCUT2D eigenvalue weighted by Crippen LogP contribution is -2.41. The Morgan fingerprint density at radius 3 is 1.92 bits per heavy atom. The summed E-state index contributed by atoms with van der Waals surface area (Å²) in [5.41, 5.74) is 1.35. The second kappa shape index (κ2) is 11.0. The van der Waals surface area contributed by atoms with Gasteiger partial charge in [0, 0.05) is 31.5 Å². The van der Waals surface area contributed by atoms with Gasteiger partial charge in [-0.15, -0.1) is 0 Å². The van der Waals surface area contributed by atoms with E-state index in [1.165, 1.54) is 63.6 Å². The molecule has 0 aromatic carbocycles. The van der Waals surface area contributed by atoms with Gasteiger partial charge >= 0.3 is 0 Å². The van der Waals surface area contributed by atoms with Gasteiger partial charge in [-0.1, -0.05) is 33.1 Å². The molecule has 1 saturated carbocycles. The maximum absolute atomic E-state index is 4.75. The van der Waals surface area contributed by atoms with E-state index in [1.807, 2.05) is 13.8 Å². The summed E-state index contributed by atoms with van der Waals surface area (Å²) in [7, 11) is 1.70. The largest absolute Gasteiger partial charge is 0.382 e. The number of aromatic nitrogens is 2. The first-order chi connectivity index (χ1) is 12.5. The Morgan fingerprint density at radius 1 is 0.923 bits per heavy atom. The summed E-state index contributed by atoms with van der Waals surface area (Å²) < 4.78 is 4.75. The quantitative estimate of drug-likeness (QED) is 0.743. The highest BCUT2D eigenvalue weighted by Gasteiger charge is 2.27. The minimum atomic E-state index is 0.384. The van der Waals surface area contributed by atoms with Crippen molar-refractivity contribution in [3.8, 4) is 0 Å². The fraction of sp³-hybridized carbons (Fsp3) is 0.818. The van der Waals surface area contributed by atoms with Crippen molar-refractivity contribution in [1.29, 1.82) is 0 Å². The summed E-state index contributed by atoms with van der Waals surface area (Å²) in [6.07, 6.45) is 14.3. The van der Waals surface area contributed by atoms with E-state index in [4.69, 9.17) is 4.74 Å². The summed E-state index contributed by atoms with van der Waals surface area (Å²) in [6.45, 7) is 10.8. The van der Waals surface area contributed by atoms with Crippen molar-refractivity contribution in [3.05, 3.63) is 23.8 Å². The Labute approximate surface area is 160 Å². The van der Waals surface area contributed by atoms with Crippen molar-refractivity contribution in [2.75, 3.05) is 20.2 Å². The molecule has 1 saturated heterocycles. The predicted octanol–water partition coefficient (Wildman–Crippen LogP) is 5.15. The number of piperidine rings is 1. The molecule has 2 fully saturated rings. The van der Waals surface area contributed by atoms with Gasteiger partial charge in [0.2, 0.25) is 0 Å². The summed E-state index contributed by atoms with van der Waals surface area (Å²) in [4.78, 5) is 11.8. The van der Waals surface area contributed by atoms with Gasteiger partial charge in [-0.05, 0) is 64.1 Å². The minimum absolute atomic E-state index is 0.384. The molecular formula is C22H39N3O. The summed E-state index contributed by atoms with van der Waals surface area (Å²) in [5, 5.41) is 0. The van der Waals surface area contributed by atoms with Crippen LogP contribution in [0.1, 0.15) is 95.9 Å². The normalized spacial score (nSPS) is 20.3. The highest BCUT2D eigenvalue weighted by molar-refractivity contribution is 5.13. The standard InChI is InChI=1S/C18H29N3.C4H10O/c1-14(2)18-19-12-16(13-20-18)15-8-10-21(11-9-15)17-6-4-3-5-7-17;1-4(2)5-3/h12-15,17H,3-11H2,1-2H3;4H,1-3H3. The number of rotatable bonds is 4. The molecule has 0 radical (unpaired) electrons. The van der Waals surface area contributed by atoms with Crippen molar-refractivity contribution in [1.82, 2.24) is 14.9 Å². The van der Waals surface area contributed by atoms with Crippen molar-refractivity contribution in [2.24, 2.45) is 0 Å². The molecule has 0 bridgehead atoms. The molecule has 3 rings (SSSR count). The second-order valence-corrected chi connectivity index (χ2v) is 8.42. The van der Waals surface area contributed by atoms with E-state index in [2.05, 4.69) is 41.1 Å². The van der Waals surface area contributed by atoms with E-state index in [-0.39, 0.29) is 0 Å². The van der Waals surface area contributed by atoms with Gasteiger partial charge in [-0.2, -0.15) is 0 Å². The van der Waals surface area contributed by atoms with E-state index in [1.54, 1.807) is 7.11 Å². The lowest BCUT2D eigenvalue weighted by molar-refractivity contribution is 0.122. The Kier molecular flexibility index (Phi) is 9.00. The molecule has 0 N–H and O–H groups in total. The average Bonchev–Trinajstić information content (AvgIpc) is 2.69. The van der Waals surface area contributed by atoms with Crippen LogP contribution in [-0.4, -0.2) is 47.2 Å². The Morgan fingerprint density at radius 2 is 1.46 bits per heavy atom. The first-order valence-corrected chi connectivity index (χ1v) is 10.6. The van der Waals surface area contributed by atoms with Crippen LogP contribution in [0.5, 0.6) is 0 Å². The van der Waals surface area contributed by atoms with Crippen LogP contribution in [-0.2, 0) is 4.74 Å². The van der Waals surface area contributed by atoms with Crippen molar-refractivity contribution < 1.29 is 4.74 Å². The highest BCUT2D eigenvalue weighted by atomic mass is 16.5. The van der Waals surface area contributed by atoms with Gasteiger partial charge in [-0.3, -0.25) is 0 Å². The topological polar surface area (TPSA) is 38.2 Å². The summed E-state index contributed by atoms with van der Waals surface area (Å²) >= 11 is 0. The third-order valence-corrected chi connectivity index (χ3v) is 5.77. The second-order valence-electron chi connectivity index (χ2n) is 8.42. The number of methoxy groups -OCH3 is 1. The van der Waals surface area contributed by atoms with Crippen molar-refractivity contribution in [2.45, 2.75) is 96.6 Å². The first-order valence-electron chi connectivity index (χ1n) is 10.6. The van der Waals surface area contributed by atoms with Gasteiger partial charge in [0.15, 0.2) is 0 Å². The number of hydrogen-bond acceptors (Lipinski definition) is 4. The predicted molar refractivity (Wildman–Crippen MR) is 109 cm³/mol. The maximum Gasteiger partial charge on any atom is 0.130 e. The molecule has 0 atom stereocenters. The zero-order valence-electron chi connectivity index (χ0n) is 17.6. The molecule has 0 amide bonds. The Bertz CT molecular complexity index is 487. The molecule has 26 heavy (non-hydrogen) atoms. The third-order valence-electron chi connectivity index (χ3n) is 5.77. The van der Waals surface area contributed by atoms with Gasteiger partial charge in [-0.25, -0.2) is 9.97 Å². The molecule has 4 heteroatoms. The Hall–Kier alpha value is -1.00. The number of ether oxygens (including phenoxy) is 1. The molecular weight excluding hydrogens is 322 g/mol. The molecule has 1 aliphatic heterocycles.